The molecule has 2 aromatic carbocycles. The summed E-state index contributed by atoms with van der Waals surface area (Å²) in [6.45, 7) is 6.34. The molecule has 0 heteroatoms. The second kappa shape index (κ2) is 7.11. The Morgan fingerprint density at radius 3 is 2.54 bits per heavy atom. The smallest absolute Gasteiger partial charge is 0.00565 e. The molecule has 132 valence electrons. The van der Waals surface area contributed by atoms with Crippen LogP contribution >= 0.6 is 0 Å². The molecule has 2 aromatic rings. The maximum absolute atomic E-state index is 4.01. The molecule has 0 amide bonds. The van der Waals surface area contributed by atoms with E-state index in [1.807, 2.05) is 0 Å². The second-order valence-corrected chi connectivity index (χ2v) is 7.69. The Morgan fingerprint density at radius 2 is 1.77 bits per heavy atom. The molecular formula is C26H28. The lowest BCUT2D eigenvalue weighted by Gasteiger charge is -2.40. The minimum Gasteiger partial charge on any atom is -0.103 e. The molecule has 0 aliphatic heterocycles. The third-order valence-corrected chi connectivity index (χ3v) is 6.26. The van der Waals surface area contributed by atoms with Crippen molar-refractivity contribution in [2.45, 2.75) is 44.4 Å². The summed E-state index contributed by atoms with van der Waals surface area (Å²) in [4.78, 5) is 0. The van der Waals surface area contributed by atoms with E-state index in [-0.39, 0.29) is 5.41 Å². The van der Waals surface area contributed by atoms with Gasteiger partial charge in [0.05, 0.1) is 0 Å². The van der Waals surface area contributed by atoms with Crippen LogP contribution in [-0.4, -0.2) is 0 Å². The van der Waals surface area contributed by atoms with Gasteiger partial charge in [0.25, 0.3) is 0 Å². The summed E-state index contributed by atoms with van der Waals surface area (Å²) in [5.41, 5.74) is 7.64. The molecule has 0 fully saturated rings. The van der Waals surface area contributed by atoms with Crippen molar-refractivity contribution in [2.24, 2.45) is 5.92 Å². The van der Waals surface area contributed by atoms with Crippen LogP contribution in [0.2, 0.25) is 0 Å². The van der Waals surface area contributed by atoms with Gasteiger partial charge in [-0.2, -0.15) is 0 Å². The third-order valence-electron chi connectivity index (χ3n) is 6.26. The molecule has 0 radical (unpaired) electrons. The van der Waals surface area contributed by atoms with Gasteiger partial charge >= 0.3 is 0 Å². The molecule has 0 nitrogen and oxygen atoms in total. The maximum atomic E-state index is 4.01. The monoisotopic (exact) mass is 340 g/mol. The van der Waals surface area contributed by atoms with Gasteiger partial charge < -0.3 is 0 Å². The highest BCUT2D eigenvalue weighted by Gasteiger charge is 2.40. The maximum Gasteiger partial charge on any atom is 0.00565 e. The van der Waals surface area contributed by atoms with Crippen molar-refractivity contribution < 1.29 is 0 Å². The number of hydrogen-bond donors (Lipinski definition) is 0. The van der Waals surface area contributed by atoms with Crippen LogP contribution in [0.15, 0.2) is 79.4 Å². The van der Waals surface area contributed by atoms with Crippen LogP contribution in [0.25, 0.3) is 11.1 Å². The first-order valence-corrected chi connectivity index (χ1v) is 9.96. The largest absolute Gasteiger partial charge is 0.103 e. The fourth-order valence-corrected chi connectivity index (χ4v) is 5.14. The van der Waals surface area contributed by atoms with E-state index >= 15 is 0 Å². The molecular weight excluding hydrogens is 312 g/mol. The summed E-state index contributed by atoms with van der Waals surface area (Å²) in [5, 5.41) is 0. The van der Waals surface area contributed by atoms with E-state index in [9.17, 15) is 0 Å². The van der Waals surface area contributed by atoms with Crippen LogP contribution in [0, 0.1) is 5.92 Å². The molecule has 1 unspecified atom stereocenters. The normalized spacial score (nSPS) is 17.1. The van der Waals surface area contributed by atoms with E-state index in [0.29, 0.717) is 5.92 Å². The van der Waals surface area contributed by atoms with Crippen molar-refractivity contribution in [1.29, 1.82) is 0 Å². The highest BCUT2D eigenvalue weighted by atomic mass is 14.4. The molecule has 0 heterocycles. The first kappa shape index (κ1) is 17.1. The van der Waals surface area contributed by atoms with Crippen LogP contribution in [0.3, 0.4) is 0 Å². The van der Waals surface area contributed by atoms with Crippen molar-refractivity contribution in [3.05, 3.63) is 96.1 Å². The van der Waals surface area contributed by atoms with Gasteiger partial charge in [-0.25, -0.2) is 0 Å². The zero-order valence-electron chi connectivity index (χ0n) is 15.7. The van der Waals surface area contributed by atoms with Gasteiger partial charge in [-0.1, -0.05) is 86.2 Å². The molecule has 0 spiro atoms. The SMILES string of the molecule is C=CCCC(CCC)(c1cccc2c1Cc1ccccc1-2)C1C=CC=C1. The predicted octanol–water partition coefficient (Wildman–Crippen LogP) is 7.00. The van der Waals surface area contributed by atoms with Gasteiger partial charge in [0.1, 0.15) is 0 Å². The van der Waals surface area contributed by atoms with Crippen LogP contribution in [0.4, 0.5) is 0 Å². The zero-order chi connectivity index (χ0) is 18.0. The molecule has 0 aromatic heterocycles. The highest BCUT2D eigenvalue weighted by molar-refractivity contribution is 5.78. The van der Waals surface area contributed by atoms with E-state index < -0.39 is 0 Å². The fraction of sp³-hybridized carbons (Fsp3) is 0.308. The Balaban J connectivity index is 1.88. The first-order chi connectivity index (χ1) is 12.8. The lowest BCUT2D eigenvalue weighted by Crippen LogP contribution is -2.34. The van der Waals surface area contributed by atoms with Gasteiger partial charge in [-0.05, 0) is 53.5 Å². The van der Waals surface area contributed by atoms with E-state index in [2.05, 4.69) is 86.3 Å². The molecule has 4 rings (SSSR count). The van der Waals surface area contributed by atoms with Gasteiger partial charge in [0.2, 0.25) is 0 Å². The standard InChI is InChI=1S/C26H28/c1-3-5-18-26(17-4-2,21-12-7-8-13-21)25-16-10-15-23-22-14-9-6-11-20(22)19-24(23)25/h3,6-16,21H,1,4-5,17-19H2,2H3. The fourth-order valence-electron chi connectivity index (χ4n) is 5.14. The minimum absolute atomic E-state index is 0.166. The quantitative estimate of drug-likeness (QED) is 0.406. The molecule has 0 saturated carbocycles. The van der Waals surface area contributed by atoms with Crippen LogP contribution in [-0.2, 0) is 11.8 Å². The summed E-state index contributed by atoms with van der Waals surface area (Å²) in [5.74, 6) is 0.484. The average molecular weight is 341 g/mol. The summed E-state index contributed by atoms with van der Waals surface area (Å²) in [6.07, 6.45) is 17.1. The summed E-state index contributed by atoms with van der Waals surface area (Å²) in [6, 6.07) is 15.9. The average Bonchev–Trinajstić information content (AvgIpc) is 3.33. The molecule has 1 atom stereocenters. The number of benzene rings is 2. The topological polar surface area (TPSA) is 0 Å². The van der Waals surface area contributed by atoms with E-state index in [4.69, 9.17) is 0 Å². The van der Waals surface area contributed by atoms with E-state index in [0.717, 1.165) is 19.3 Å². The van der Waals surface area contributed by atoms with Crippen molar-refractivity contribution in [3.8, 4) is 11.1 Å². The predicted molar refractivity (Wildman–Crippen MR) is 112 cm³/mol. The molecule has 26 heavy (non-hydrogen) atoms. The van der Waals surface area contributed by atoms with Crippen LogP contribution < -0.4 is 0 Å². The Hall–Kier alpha value is -2.34. The van der Waals surface area contributed by atoms with E-state index in [1.165, 1.54) is 29.5 Å². The van der Waals surface area contributed by atoms with E-state index in [1.54, 1.807) is 11.1 Å². The lowest BCUT2D eigenvalue weighted by molar-refractivity contribution is 0.309. The van der Waals surface area contributed by atoms with Gasteiger partial charge in [0.15, 0.2) is 0 Å². The van der Waals surface area contributed by atoms with Crippen molar-refractivity contribution >= 4 is 0 Å². The van der Waals surface area contributed by atoms with Crippen molar-refractivity contribution in [2.75, 3.05) is 0 Å². The summed E-state index contributed by atoms with van der Waals surface area (Å²) >= 11 is 0. The molecule has 2 aliphatic rings. The summed E-state index contributed by atoms with van der Waals surface area (Å²) in [7, 11) is 0. The second-order valence-electron chi connectivity index (χ2n) is 7.69. The Kier molecular flexibility index (Phi) is 4.68. The zero-order valence-corrected chi connectivity index (χ0v) is 15.7. The van der Waals surface area contributed by atoms with Gasteiger partial charge in [0, 0.05) is 11.3 Å². The lowest BCUT2D eigenvalue weighted by atomic mass is 9.63. The molecule has 0 bridgehead atoms. The number of rotatable bonds is 7. The Labute approximate surface area is 158 Å². The molecule has 0 saturated heterocycles. The molecule has 0 N–H and O–H groups in total. The van der Waals surface area contributed by atoms with Crippen molar-refractivity contribution in [1.82, 2.24) is 0 Å². The van der Waals surface area contributed by atoms with Gasteiger partial charge in [-0.15, -0.1) is 6.58 Å². The third kappa shape index (κ3) is 2.69. The number of allylic oxidation sites excluding steroid dienone is 5. The minimum atomic E-state index is 0.166. The number of fused-ring (bicyclic) bond motifs is 3. The Bertz CT molecular complexity index is 855. The Morgan fingerprint density at radius 1 is 1.00 bits per heavy atom. The van der Waals surface area contributed by atoms with Crippen LogP contribution in [0.1, 0.15) is 49.3 Å². The number of hydrogen-bond acceptors (Lipinski definition) is 0. The first-order valence-electron chi connectivity index (χ1n) is 9.96. The van der Waals surface area contributed by atoms with Crippen LogP contribution in [0.5, 0.6) is 0 Å². The highest BCUT2D eigenvalue weighted by Crippen LogP contribution is 2.49. The molecule has 2 aliphatic carbocycles. The van der Waals surface area contributed by atoms with Gasteiger partial charge in [-0.3, -0.25) is 0 Å². The van der Waals surface area contributed by atoms with Crippen molar-refractivity contribution in [3.63, 3.8) is 0 Å². The summed E-state index contributed by atoms with van der Waals surface area (Å²) < 4.78 is 0.